The molecule has 0 fully saturated rings. The summed E-state index contributed by atoms with van der Waals surface area (Å²) < 4.78 is 11.5. The van der Waals surface area contributed by atoms with Crippen molar-refractivity contribution in [2.45, 2.75) is 6.10 Å². The van der Waals surface area contributed by atoms with Crippen LogP contribution < -0.4 is 20.7 Å². The molecule has 6 nitrogen and oxygen atoms in total. The number of nitrogens with two attached hydrogens (primary N) is 1. The SMILES string of the molecule is Nc1ccc(OC2=C[C@H](c3ccc(Oc4ccccc4)cc3)ON2)cn1. The Kier molecular flexibility index (Phi) is 4.40. The third kappa shape index (κ3) is 3.76. The van der Waals surface area contributed by atoms with Gasteiger partial charge in [0, 0.05) is 6.08 Å². The van der Waals surface area contributed by atoms with E-state index in [0.29, 0.717) is 17.5 Å². The molecule has 1 atom stereocenters. The number of aromatic nitrogens is 1. The second kappa shape index (κ2) is 7.16. The van der Waals surface area contributed by atoms with E-state index in [4.69, 9.17) is 20.0 Å². The average molecular weight is 347 g/mol. The predicted octanol–water partition coefficient (Wildman–Crippen LogP) is 3.95. The number of pyridine rings is 1. The lowest BCUT2D eigenvalue weighted by Crippen LogP contribution is -2.12. The Labute approximate surface area is 150 Å². The number of anilines is 1. The molecule has 6 heteroatoms. The molecule has 2 aromatic carbocycles. The normalized spacial score (nSPS) is 15.8. The summed E-state index contributed by atoms with van der Waals surface area (Å²) in [6.45, 7) is 0. The van der Waals surface area contributed by atoms with E-state index >= 15 is 0 Å². The van der Waals surface area contributed by atoms with Crippen LogP contribution in [0.3, 0.4) is 0 Å². The molecule has 0 radical (unpaired) electrons. The first kappa shape index (κ1) is 16.0. The molecule has 0 saturated heterocycles. The Balaban J connectivity index is 1.41. The van der Waals surface area contributed by atoms with Gasteiger partial charge in [-0.3, -0.25) is 4.84 Å². The number of hydroxylamine groups is 1. The van der Waals surface area contributed by atoms with Crippen molar-refractivity contribution >= 4 is 5.82 Å². The number of para-hydroxylation sites is 1. The van der Waals surface area contributed by atoms with Crippen LogP contribution in [0.5, 0.6) is 17.2 Å². The fraction of sp³-hybridized carbons (Fsp3) is 0.0500. The molecule has 2 heterocycles. The number of hydrogen-bond donors (Lipinski definition) is 2. The van der Waals surface area contributed by atoms with E-state index in [9.17, 15) is 0 Å². The number of hydrogen-bond acceptors (Lipinski definition) is 6. The minimum absolute atomic E-state index is 0.252. The van der Waals surface area contributed by atoms with E-state index in [1.165, 1.54) is 0 Å². The van der Waals surface area contributed by atoms with Crippen LogP contribution in [0.15, 0.2) is 84.9 Å². The van der Waals surface area contributed by atoms with E-state index in [2.05, 4.69) is 10.5 Å². The molecule has 0 bridgehead atoms. The largest absolute Gasteiger partial charge is 0.457 e. The Morgan fingerprint density at radius 1 is 0.846 bits per heavy atom. The van der Waals surface area contributed by atoms with Gasteiger partial charge in [-0.05, 0) is 42.0 Å². The first-order chi connectivity index (χ1) is 12.8. The van der Waals surface area contributed by atoms with E-state index in [1.807, 2.05) is 60.7 Å². The highest BCUT2D eigenvalue weighted by Gasteiger charge is 2.20. The fourth-order valence-electron chi connectivity index (χ4n) is 2.48. The highest BCUT2D eigenvalue weighted by atomic mass is 16.7. The van der Waals surface area contributed by atoms with Gasteiger partial charge in [0.25, 0.3) is 0 Å². The number of ether oxygens (including phenoxy) is 2. The summed E-state index contributed by atoms with van der Waals surface area (Å²) in [6.07, 6.45) is 3.15. The van der Waals surface area contributed by atoms with Gasteiger partial charge >= 0.3 is 0 Å². The Hall–Kier alpha value is -3.51. The summed E-state index contributed by atoms with van der Waals surface area (Å²) >= 11 is 0. The summed E-state index contributed by atoms with van der Waals surface area (Å²) in [5.41, 5.74) is 9.31. The molecule has 0 aliphatic carbocycles. The number of benzene rings is 2. The standard InChI is InChI=1S/C20H17N3O3/c21-19-11-10-17(13-22-19)25-20-12-18(26-23-20)14-6-8-16(9-7-14)24-15-4-2-1-3-5-15/h1-13,18,23H,(H2,21,22)/t18-/m1/s1. The highest BCUT2D eigenvalue weighted by molar-refractivity contribution is 5.36. The Bertz CT molecular complexity index is 894. The lowest BCUT2D eigenvalue weighted by atomic mass is 10.1. The maximum atomic E-state index is 5.79. The third-order valence-electron chi connectivity index (χ3n) is 3.76. The van der Waals surface area contributed by atoms with Gasteiger partial charge in [0.2, 0.25) is 5.88 Å². The molecule has 0 amide bonds. The van der Waals surface area contributed by atoms with Crippen LogP contribution in [-0.4, -0.2) is 4.98 Å². The molecule has 26 heavy (non-hydrogen) atoms. The van der Waals surface area contributed by atoms with Gasteiger partial charge in [-0.25, -0.2) is 10.5 Å². The number of nitrogens with one attached hydrogen (secondary N) is 1. The van der Waals surface area contributed by atoms with Crippen molar-refractivity contribution in [2.75, 3.05) is 5.73 Å². The zero-order chi connectivity index (χ0) is 17.8. The molecule has 130 valence electrons. The fourth-order valence-corrected chi connectivity index (χ4v) is 2.48. The van der Waals surface area contributed by atoms with Gasteiger partial charge in [-0.2, -0.15) is 0 Å². The number of rotatable bonds is 5. The zero-order valence-corrected chi connectivity index (χ0v) is 13.8. The summed E-state index contributed by atoms with van der Waals surface area (Å²) in [6, 6.07) is 20.8. The molecule has 1 aromatic heterocycles. The quantitative estimate of drug-likeness (QED) is 0.727. The van der Waals surface area contributed by atoms with Crippen molar-refractivity contribution in [3.63, 3.8) is 0 Å². The van der Waals surface area contributed by atoms with Crippen LogP contribution in [-0.2, 0) is 4.84 Å². The van der Waals surface area contributed by atoms with Crippen molar-refractivity contribution in [1.82, 2.24) is 10.5 Å². The second-order valence-corrected chi connectivity index (χ2v) is 5.68. The van der Waals surface area contributed by atoms with Crippen molar-refractivity contribution in [3.8, 4) is 17.2 Å². The zero-order valence-electron chi connectivity index (χ0n) is 13.8. The summed E-state index contributed by atoms with van der Waals surface area (Å²) in [4.78, 5) is 9.54. The number of nitrogen functional groups attached to an aromatic ring is 1. The molecule has 0 saturated carbocycles. The van der Waals surface area contributed by atoms with Crippen LogP contribution in [0.25, 0.3) is 0 Å². The lowest BCUT2D eigenvalue weighted by Gasteiger charge is -2.09. The van der Waals surface area contributed by atoms with Crippen molar-refractivity contribution in [3.05, 3.63) is 90.4 Å². The van der Waals surface area contributed by atoms with Gasteiger partial charge in [0.1, 0.15) is 29.2 Å². The molecular formula is C20H17N3O3. The van der Waals surface area contributed by atoms with Gasteiger partial charge in [0.05, 0.1) is 6.20 Å². The smallest absolute Gasteiger partial charge is 0.216 e. The molecule has 1 aliphatic heterocycles. The topological polar surface area (TPSA) is 78.6 Å². The summed E-state index contributed by atoms with van der Waals surface area (Å²) in [5, 5.41) is 0. The van der Waals surface area contributed by atoms with E-state index in [0.717, 1.165) is 17.1 Å². The van der Waals surface area contributed by atoms with E-state index in [-0.39, 0.29) is 6.10 Å². The van der Waals surface area contributed by atoms with Gasteiger partial charge in [-0.15, -0.1) is 0 Å². The minimum atomic E-state index is -0.252. The summed E-state index contributed by atoms with van der Waals surface area (Å²) in [5.74, 6) is 3.09. The monoisotopic (exact) mass is 347 g/mol. The van der Waals surface area contributed by atoms with Crippen molar-refractivity contribution in [2.24, 2.45) is 0 Å². The highest BCUT2D eigenvalue weighted by Crippen LogP contribution is 2.28. The van der Waals surface area contributed by atoms with E-state index in [1.54, 1.807) is 18.3 Å². The van der Waals surface area contributed by atoms with Gasteiger partial charge in [-0.1, -0.05) is 30.3 Å². The molecular weight excluding hydrogens is 330 g/mol. The summed E-state index contributed by atoms with van der Waals surface area (Å²) in [7, 11) is 0. The van der Waals surface area contributed by atoms with Crippen LogP contribution in [0.2, 0.25) is 0 Å². The average Bonchev–Trinajstić information content (AvgIpc) is 3.14. The first-order valence-corrected chi connectivity index (χ1v) is 8.12. The molecule has 4 rings (SSSR count). The lowest BCUT2D eigenvalue weighted by molar-refractivity contribution is 0.0273. The van der Waals surface area contributed by atoms with E-state index < -0.39 is 0 Å². The van der Waals surface area contributed by atoms with Crippen LogP contribution >= 0.6 is 0 Å². The maximum absolute atomic E-state index is 5.79. The predicted molar refractivity (Wildman–Crippen MR) is 97.3 cm³/mol. The van der Waals surface area contributed by atoms with Crippen molar-refractivity contribution in [1.29, 1.82) is 0 Å². The van der Waals surface area contributed by atoms with Crippen LogP contribution in [0.4, 0.5) is 5.82 Å². The van der Waals surface area contributed by atoms with Gasteiger partial charge < -0.3 is 15.2 Å². The van der Waals surface area contributed by atoms with Gasteiger partial charge in [0.15, 0.2) is 0 Å². The molecule has 1 aliphatic rings. The first-order valence-electron chi connectivity index (χ1n) is 8.12. The van der Waals surface area contributed by atoms with Crippen molar-refractivity contribution < 1.29 is 14.3 Å². The molecule has 0 spiro atoms. The Morgan fingerprint density at radius 3 is 2.31 bits per heavy atom. The molecule has 0 unspecified atom stereocenters. The van der Waals surface area contributed by atoms with Crippen LogP contribution in [0, 0.1) is 0 Å². The molecule has 3 aromatic rings. The third-order valence-corrected chi connectivity index (χ3v) is 3.76. The Morgan fingerprint density at radius 2 is 1.58 bits per heavy atom. The minimum Gasteiger partial charge on any atom is -0.457 e. The molecule has 3 N–H and O–H groups in total. The maximum Gasteiger partial charge on any atom is 0.216 e. The number of nitrogens with zero attached hydrogens (tertiary/aromatic N) is 1. The van der Waals surface area contributed by atoms with Crippen LogP contribution in [0.1, 0.15) is 11.7 Å². The second-order valence-electron chi connectivity index (χ2n) is 5.68.